The quantitative estimate of drug-likeness (QED) is 0.278. The van der Waals surface area contributed by atoms with Crippen molar-refractivity contribution in [1.82, 2.24) is 4.98 Å². The van der Waals surface area contributed by atoms with Crippen LogP contribution in [0, 0.1) is 11.3 Å². The number of rotatable bonds is 7. The number of pyridine rings is 1. The van der Waals surface area contributed by atoms with Crippen molar-refractivity contribution in [1.29, 1.82) is 5.26 Å². The third kappa shape index (κ3) is 5.21. The molecule has 2 aromatic rings. The van der Waals surface area contributed by atoms with E-state index < -0.39 is 45.2 Å². The Bertz CT molecular complexity index is 982. The molecule has 0 fully saturated rings. The number of hydrogen-bond donors (Lipinski definition) is 0. The molecular formula is C18H13F3N2O4S2. The fraction of sp³-hybridized carbons (Fsp3) is 0.278. The van der Waals surface area contributed by atoms with E-state index in [1.54, 1.807) is 6.07 Å². The molecule has 6 nitrogen and oxygen atoms in total. The van der Waals surface area contributed by atoms with Crippen LogP contribution in [0.15, 0.2) is 28.6 Å². The standard InChI is InChI=1S/C18H13F3N2O4S2/c1-3-27-17(26)14(9(2)24)29-16-10(8-22)7-11(15(23-16)18(19,20)21)13(25)12-5-4-6-28-12/h4-7,14H,3H2,1-2H3/t14-/m1/s1. The lowest BCUT2D eigenvalue weighted by Gasteiger charge is -2.16. The second-order valence-corrected chi connectivity index (χ2v) is 7.56. The van der Waals surface area contributed by atoms with Gasteiger partial charge >= 0.3 is 12.1 Å². The molecule has 2 rings (SSSR count). The van der Waals surface area contributed by atoms with Crippen LogP contribution in [0.5, 0.6) is 0 Å². The Morgan fingerprint density at radius 2 is 2.07 bits per heavy atom. The molecule has 0 aliphatic heterocycles. The number of nitrogens with zero attached hydrogens (tertiary/aromatic N) is 2. The monoisotopic (exact) mass is 442 g/mol. The second-order valence-electron chi connectivity index (χ2n) is 5.51. The Hall–Kier alpha value is -2.71. The van der Waals surface area contributed by atoms with Crippen molar-refractivity contribution in [3.05, 3.63) is 45.3 Å². The maximum atomic E-state index is 13.6. The molecule has 0 N–H and O–H groups in total. The number of hydrogen-bond acceptors (Lipinski definition) is 8. The van der Waals surface area contributed by atoms with Crippen LogP contribution in [0.25, 0.3) is 0 Å². The minimum absolute atomic E-state index is 0.0379. The Morgan fingerprint density at radius 3 is 2.55 bits per heavy atom. The molecule has 0 unspecified atom stereocenters. The van der Waals surface area contributed by atoms with Crippen LogP contribution in [0.4, 0.5) is 13.2 Å². The molecular weight excluding hydrogens is 429 g/mol. The van der Waals surface area contributed by atoms with Crippen molar-refractivity contribution >= 4 is 40.6 Å². The predicted octanol–water partition coefficient (Wildman–Crippen LogP) is 3.88. The number of carbonyl (C=O) groups is 3. The average molecular weight is 442 g/mol. The predicted molar refractivity (Wildman–Crippen MR) is 98.7 cm³/mol. The first kappa shape index (κ1) is 22.6. The largest absolute Gasteiger partial charge is 0.465 e. The molecule has 0 aliphatic carbocycles. The molecule has 2 aromatic heterocycles. The zero-order chi connectivity index (χ0) is 21.8. The average Bonchev–Trinajstić information content (AvgIpc) is 3.18. The van der Waals surface area contributed by atoms with Crippen molar-refractivity contribution in [2.24, 2.45) is 0 Å². The van der Waals surface area contributed by atoms with E-state index in [9.17, 15) is 32.8 Å². The number of aromatic nitrogens is 1. The summed E-state index contributed by atoms with van der Waals surface area (Å²) in [6, 6.07) is 5.31. The summed E-state index contributed by atoms with van der Waals surface area (Å²) in [6.07, 6.45) is -5.00. The summed E-state index contributed by atoms with van der Waals surface area (Å²) in [5.74, 6) is -2.56. The first-order valence-corrected chi connectivity index (χ1v) is 9.80. The van der Waals surface area contributed by atoms with E-state index >= 15 is 0 Å². The lowest BCUT2D eigenvalue weighted by atomic mass is 10.1. The highest BCUT2D eigenvalue weighted by Gasteiger charge is 2.39. The van der Waals surface area contributed by atoms with Gasteiger partial charge in [-0.05, 0) is 31.4 Å². The summed E-state index contributed by atoms with van der Waals surface area (Å²) < 4.78 is 45.5. The van der Waals surface area contributed by atoms with Crippen LogP contribution in [0.2, 0.25) is 0 Å². The lowest BCUT2D eigenvalue weighted by molar-refractivity contribution is -0.144. The number of Topliss-reactive ketones (excluding diaryl/α,β-unsaturated/α-hetero) is 1. The smallest absolute Gasteiger partial charge is 0.434 e. The summed E-state index contributed by atoms with van der Waals surface area (Å²) in [7, 11) is 0. The lowest BCUT2D eigenvalue weighted by Crippen LogP contribution is -2.27. The molecule has 152 valence electrons. The molecule has 1 atom stereocenters. The van der Waals surface area contributed by atoms with Crippen molar-refractivity contribution in [3.8, 4) is 6.07 Å². The number of thioether (sulfide) groups is 1. The highest BCUT2D eigenvalue weighted by Crippen LogP contribution is 2.36. The Labute approximate surface area is 171 Å². The fourth-order valence-electron chi connectivity index (χ4n) is 2.22. The van der Waals surface area contributed by atoms with Crippen molar-refractivity contribution in [3.63, 3.8) is 0 Å². The zero-order valence-electron chi connectivity index (χ0n) is 15.1. The number of ketones is 2. The van der Waals surface area contributed by atoms with Crippen LogP contribution in [0.1, 0.15) is 40.3 Å². The molecule has 0 bridgehead atoms. The summed E-state index contributed by atoms with van der Waals surface area (Å²) in [6.45, 7) is 2.54. The van der Waals surface area contributed by atoms with Crippen LogP contribution in [0.3, 0.4) is 0 Å². The molecule has 0 spiro atoms. The van der Waals surface area contributed by atoms with Gasteiger partial charge in [0.25, 0.3) is 0 Å². The highest BCUT2D eigenvalue weighted by molar-refractivity contribution is 8.01. The third-order valence-corrected chi connectivity index (χ3v) is 5.63. The first-order chi connectivity index (χ1) is 13.6. The van der Waals surface area contributed by atoms with Gasteiger partial charge in [0.1, 0.15) is 11.1 Å². The van der Waals surface area contributed by atoms with Crippen molar-refractivity contribution in [2.45, 2.75) is 30.3 Å². The van der Waals surface area contributed by atoms with E-state index in [1.165, 1.54) is 24.4 Å². The van der Waals surface area contributed by atoms with Gasteiger partial charge in [0.05, 0.1) is 22.6 Å². The van der Waals surface area contributed by atoms with Gasteiger partial charge in [-0.25, -0.2) is 4.98 Å². The number of carbonyl (C=O) groups excluding carboxylic acids is 3. The van der Waals surface area contributed by atoms with E-state index in [2.05, 4.69) is 4.98 Å². The number of alkyl halides is 3. The number of esters is 1. The Balaban J connectivity index is 2.60. The molecule has 0 aliphatic rings. The summed E-state index contributed by atoms with van der Waals surface area (Å²) in [4.78, 5) is 39.7. The number of nitriles is 1. The fourth-order valence-corrected chi connectivity index (χ4v) is 3.83. The van der Waals surface area contributed by atoms with E-state index in [0.717, 1.165) is 24.3 Å². The van der Waals surface area contributed by atoms with Crippen LogP contribution < -0.4 is 0 Å². The number of thiophene rings is 1. The highest BCUT2D eigenvalue weighted by atomic mass is 32.2. The molecule has 0 radical (unpaired) electrons. The molecule has 0 amide bonds. The second kappa shape index (κ2) is 9.19. The van der Waals surface area contributed by atoms with Crippen molar-refractivity contribution in [2.75, 3.05) is 6.61 Å². The Kier molecular flexibility index (Phi) is 7.16. The maximum Gasteiger partial charge on any atom is 0.434 e. The summed E-state index contributed by atoms with van der Waals surface area (Å²) >= 11 is 1.33. The van der Waals surface area contributed by atoms with Gasteiger partial charge in [0.2, 0.25) is 5.78 Å². The van der Waals surface area contributed by atoms with E-state index in [4.69, 9.17) is 4.74 Å². The summed E-state index contributed by atoms with van der Waals surface area (Å²) in [5.41, 5.74) is -2.64. The van der Waals surface area contributed by atoms with Crippen LogP contribution in [-0.4, -0.2) is 34.4 Å². The SMILES string of the molecule is CCOC(=O)[C@H](Sc1nc(C(F)(F)F)c(C(=O)c2cccs2)cc1C#N)C(C)=O. The van der Waals surface area contributed by atoms with Gasteiger partial charge in [0.15, 0.2) is 16.7 Å². The molecule has 0 saturated carbocycles. The third-order valence-electron chi connectivity index (χ3n) is 3.47. The summed E-state index contributed by atoms with van der Waals surface area (Å²) in [5, 5.41) is 8.89. The number of halogens is 3. The zero-order valence-corrected chi connectivity index (χ0v) is 16.7. The Morgan fingerprint density at radius 1 is 1.38 bits per heavy atom. The van der Waals surface area contributed by atoms with Gasteiger partial charge in [0, 0.05) is 0 Å². The normalized spacial score (nSPS) is 12.1. The molecule has 0 aromatic carbocycles. The first-order valence-electron chi connectivity index (χ1n) is 8.04. The van der Waals surface area contributed by atoms with E-state index in [0.29, 0.717) is 11.8 Å². The van der Waals surface area contributed by atoms with E-state index in [1.807, 2.05) is 0 Å². The van der Waals surface area contributed by atoms with Gasteiger partial charge in [-0.3, -0.25) is 14.4 Å². The van der Waals surface area contributed by atoms with Gasteiger partial charge in [-0.15, -0.1) is 11.3 Å². The molecule has 2 heterocycles. The minimum Gasteiger partial charge on any atom is -0.465 e. The molecule has 11 heteroatoms. The molecule has 0 saturated heterocycles. The van der Waals surface area contributed by atoms with Gasteiger partial charge < -0.3 is 4.74 Å². The molecule has 29 heavy (non-hydrogen) atoms. The number of ether oxygens (including phenoxy) is 1. The van der Waals surface area contributed by atoms with Crippen LogP contribution >= 0.6 is 23.1 Å². The van der Waals surface area contributed by atoms with Gasteiger partial charge in [-0.1, -0.05) is 17.8 Å². The maximum absolute atomic E-state index is 13.6. The van der Waals surface area contributed by atoms with E-state index in [-0.39, 0.29) is 17.0 Å². The van der Waals surface area contributed by atoms with Crippen molar-refractivity contribution < 1.29 is 32.3 Å². The minimum atomic E-state index is -5.00. The topological polar surface area (TPSA) is 97.1 Å². The van der Waals surface area contributed by atoms with Gasteiger partial charge in [-0.2, -0.15) is 18.4 Å². The van der Waals surface area contributed by atoms with Crippen LogP contribution in [-0.2, 0) is 20.5 Å².